The maximum atomic E-state index is 12.2. The topological polar surface area (TPSA) is 47.6 Å². The molecule has 0 bridgehead atoms. The Bertz CT molecular complexity index is 695. The molecule has 4 nitrogen and oxygen atoms in total. The SMILES string of the molecule is Cc1ccc(OCC(=O)Nc2ccccc2OCC(C)C)c(C)c1. The van der Waals surface area contributed by atoms with E-state index in [4.69, 9.17) is 9.47 Å². The van der Waals surface area contributed by atoms with Crippen molar-refractivity contribution in [3.8, 4) is 11.5 Å². The van der Waals surface area contributed by atoms with Crippen LogP contribution in [-0.4, -0.2) is 19.1 Å². The lowest BCUT2D eigenvalue weighted by atomic mass is 10.1. The van der Waals surface area contributed by atoms with Gasteiger partial charge in [-0.05, 0) is 43.5 Å². The van der Waals surface area contributed by atoms with E-state index in [1.165, 1.54) is 5.56 Å². The molecule has 1 amide bonds. The molecule has 0 saturated carbocycles. The van der Waals surface area contributed by atoms with Crippen LogP contribution in [-0.2, 0) is 4.79 Å². The first-order valence-electron chi connectivity index (χ1n) is 8.17. The highest BCUT2D eigenvalue weighted by molar-refractivity contribution is 5.93. The van der Waals surface area contributed by atoms with Crippen molar-refractivity contribution in [2.24, 2.45) is 5.92 Å². The Hall–Kier alpha value is -2.49. The number of hydrogen-bond acceptors (Lipinski definition) is 3. The fourth-order valence-corrected chi connectivity index (χ4v) is 2.24. The third kappa shape index (κ3) is 5.30. The number of carbonyl (C=O) groups is 1. The summed E-state index contributed by atoms with van der Waals surface area (Å²) in [5.74, 6) is 1.60. The summed E-state index contributed by atoms with van der Waals surface area (Å²) >= 11 is 0. The Labute approximate surface area is 143 Å². The van der Waals surface area contributed by atoms with E-state index in [1.54, 1.807) is 0 Å². The minimum absolute atomic E-state index is 0.0393. The van der Waals surface area contributed by atoms with E-state index < -0.39 is 0 Å². The molecule has 2 rings (SSSR count). The monoisotopic (exact) mass is 327 g/mol. The van der Waals surface area contributed by atoms with Crippen molar-refractivity contribution in [3.05, 3.63) is 53.6 Å². The number of ether oxygens (including phenoxy) is 2. The van der Waals surface area contributed by atoms with E-state index in [0.29, 0.717) is 24.0 Å². The third-order valence-corrected chi connectivity index (χ3v) is 3.42. The third-order valence-electron chi connectivity index (χ3n) is 3.42. The number of anilines is 1. The second-order valence-electron chi connectivity index (χ2n) is 6.31. The van der Waals surface area contributed by atoms with Gasteiger partial charge in [0.1, 0.15) is 11.5 Å². The number of amides is 1. The predicted molar refractivity (Wildman–Crippen MR) is 96.8 cm³/mol. The second-order valence-corrected chi connectivity index (χ2v) is 6.31. The van der Waals surface area contributed by atoms with Gasteiger partial charge in [0.2, 0.25) is 0 Å². The molecule has 0 aliphatic carbocycles. The molecule has 24 heavy (non-hydrogen) atoms. The van der Waals surface area contributed by atoms with E-state index in [1.807, 2.05) is 56.3 Å². The van der Waals surface area contributed by atoms with Crippen molar-refractivity contribution >= 4 is 11.6 Å². The Morgan fingerprint density at radius 3 is 2.50 bits per heavy atom. The zero-order valence-corrected chi connectivity index (χ0v) is 14.8. The van der Waals surface area contributed by atoms with Crippen LogP contribution in [0, 0.1) is 19.8 Å². The summed E-state index contributed by atoms with van der Waals surface area (Å²) in [7, 11) is 0. The van der Waals surface area contributed by atoms with Crippen LogP contribution < -0.4 is 14.8 Å². The molecule has 0 spiro atoms. The molecule has 0 aliphatic rings. The summed E-state index contributed by atoms with van der Waals surface area (Å²) in [5, 5.41) is 2.85. The highest BCUT2D eigenvalue weighted by Crippen LogP contribution is 2.24. The standard InChI is InChI=1S/C20H25NO3/c1-14(2)12-23-19-8-6-5-7-17(19)21-20(22)13-24-18-10-9-15(3)11-16(18)4/h5-11,14H,12-13H2,1-4H3,(H,21,22). The fourth-order valence-electron chi connectivity index (χ4n) is 2.24. The van der Waals surface area contributed by atoms with E-state index in [9.17, 15) is 4.79 Å². The number of nitrogens with one attached hydrogen (secondary N) is 1. The zero-order chi connectivity index (χ0) is 17.5. The lowest BCUT2D eigenvalue weighted by Gasteiger charge is -2.14. The van der Waals surface area contributed by atoms with Crippen LogP contribution in [0.25, 0.3) is 0 Å². The highest BCUT2D eigenvalue weighted by Gasteiger charge is 2.10. The molecule has 0 heterocycles. The quantitative estimate of drug-likeness (QED) is 0.822. The molecule has 0 fully saturated rings. The molecule has 128 valence electrons. The average Bonchev–Trinajstić information content (AvgIpc) is 2.53. The number of rotatable bonds is 7. The van der Waals surface area contributed by atoms with Crippen LogP contribution >= 0.6 is 0 Å². The molecule has 2 aromatic rings. The number of carbonyl (C=O) groups excluding carboxylic acids is 1. The Kier molecular flexibility index (Phi) is 6.24. The molecule has 0 saturated heterocycles. The molecule has 0 aromatic heterocycles. The number of aryl methyl sites for hydroxylation is 2. The van der Waals surface area contributed by atoms with Gasteiger partial charge in [-0.1, -0.05) is 43.7 Å². The van der Waals surface area contributed by atoms with Gasteiger partial charge in [-0.25, -0.2) is 0 Å². The van der Waals surface area contributed by atoms with Crippen LogP contribution in [0.5, 0.6) is 11.5 Å². The molecule has 0 radical (unpaired) electrons. The summed E-state index contributed by atoms with van der Waals surface area (Å²) < 4.78 is 11.3. The molecule has 4 heteroatoms. The number of benzene rings is 2. The molecule has 0 atom stereocenters. The van der Waals surface area contributed by atoms with E-state index in [-0.39, 0.29) is 12.5 Å². The average molecular weight is 327 g/mol. The summed E-state index contributed by atoms with van der Waals surface area (Å²) in [4.78, 5) is 12.2. The van der Waals surface area contributed by atoms with Crippen molar-refractivity contribution in [1.29, 1.82) is 0 Å². The van der Waals surface area contributed by atoms with Crippen molar-refractivity contribution < 1.29 is 14.3 Å². The zero-order valence-electron chi connectivity index (χ0n) is 14.8. The normalized spacial score (nSPS) is 10.5. The molecular formula is C20H25NO3. The first kappa shape index (κ1) is 17.9. The van der Waals surface area contributed by atoms with Crippen molar-refractivity contribution in [2.75, 3.05) is 18.5 Å². The molecular weight excluding hydrogens is 302 g/mol. The molecule has 0 aliphatic heterocycles. The highest BCUT2D eigenvalue weighted by atomic mass is 16.5. The van der Waals surface area contributed by atoms with Crippen LogP contribution in [0.15, 0.2) is 42.5 Å². The van der Waals surface area contributed by atoms with Gasteiger partial charge in [0, 0.05) is 0 Å². The lowest BCUT2D eigenvalue weighted by molar-refractivity contribution is -0.118. The smallest absolute Gasteiger partial charge is 0.262 e. The van der Waals surface area contributed by atoms with Gasteiger partial charge in [0.15, 0.2) is 6.61 Å². The first-order chi connectivity index (χ1) is 11.5. The van der Waals surface area contributed by atoms with E-state index in [2.05, 4.69) is 19.2 Å². The molecule has 2 aromatic carbocycles. The van der Waals surface area contributed by atoms with Gasteiger partial charge in [0.05, 0.1) is 12.3 Å². The summed E-state index contributed by atoms with van der Waals surface area (Å²) in [6, 6.07) is 13.3. The largest absolute Gasteiger partial charge is 0.491 e. The minimum atomic E-state index is -0.212. The van der Waals surface area contributed by atoms with E-state index in [0.717, 1.165) is 11.3 Å². The lowest BCUT2D eigenvalue weighted by Crippen LogP contribution is -2.21. The molecule has 1 N–H and O–H groups in total. The summed E-state index contributed by atoms with van der Waals surface area (Å²) in [6.45, 7) is 8.72. The summed E-state index contributed by atoms with van der Waals surface area (Å²) in [6.07, 6.45) is 0. The predicted octanol–water partition coefficient (Wildman–Crippen LogP) is 4.36. The first-order valence-corrected chi connectivity index (χ1v) is 8.17. The fraction of sp³-hybridized carbons (Fsp3) is 0.350. The summed E-state index contributed by atoms with van der Waals surface area (Å²) in [5.41, 5.74) is 2.84. The second kappa shape index (κ2) is 8.39. The van der Waals surface area contributed by atoms with Crippen LogP contribution in [0.1, 0.15) is 25.0 Å². The van der Waals surface area contributed by atoms with Gasteiger partial charge < -0.3 is 14.8 Å². The van der Waals surface area contributed by atoms with Crippen LogP contribution in [0.2, 0.25) is 0 Å². The van der Waals surface area contributed by atoms with Gasteiger partial charge in [-0.2, -0.15) is 0 Å². The Morgan fingerprint density at radius 1 is 1.04 bits per heavy atom. The molecule has 0 unspecified atom stereocenters. The number of para-hydroxylation sites is 2. The van der Waals surface area contributed by atoms with E-state index >= 15 is 0 Å². The van der Waals surface area contributed by atoms with Crippen molar-refractivity contribution in [3.63, 3.8) is 0 Å². The van der Waals surface area contributed by atoms with Crippen LogP contribution in [0.3, 0.4) is 0 Å². The van der Waals surface area contributed by atoms with Gasteiger partial charge in [0.25, 0.3) is 5.91 Å². The maximum Gasteiger partial charge on any atom is 0.262 e. The number of hydrogen-bond donors (Lipinski definition) is 1. The Morgan fingerprint density at radius 2 is 1.79 bits per heavy atom. The van der Waals surface area contributed by atoms with Gasteiger partial charge in [-0.3, -0.25) is 4.79 Å². The van der Waals surface area contributed by atoms with Crippen LogP contribution in [0.4, 0.5) is 5.69 Å². The van der Waals surface area contributed by atoms with Crippen molar-refractivity contribution in [1.82, 2.24) is 0 Å². The maximum absolute atomic E-state index is 12.2. The minimum Gasteiger partial charge on any atom is -0.491 e. The Balaban J connectivity index is 1.95. The van der Waals surface area contributed by atoms with Gasteiger partial charge in [-0.15, -0.1) is 0 Å². The van der Waals surface area contributed by atoms with Gasteiger partial charge >= 0.3 is 0 Å². The van der Waals surface area contributed by atoms with Crippen molar-refractivity contribution in [2.45, 2.75) is 27.7 Å².